The fraction of sp³-hybridized carbons (Fsp3) is 0.300. The molecular weight excluding hydrogens is 420 g/mol. The molecule has 1 unspecified atom stereocenters. The molecule has 0 saturated carbocycles. The lowest BCUT2D eigenvalue weighted by Crippen LogP contribution is -2.29. The fourth-order valence-corrected chi connectivity index (χ4v) is 5.16. The zero-order valence-corrected chi connectivity index (χ0v) is 19.8. The van der Waals surface area contributed by atoms with Gasteiger partial charge in [-0.3, -0.25) is 4.79 Å². The molecule has 1 fully saturated rings. The van der Waals surface area contributed by atoms with Crippen molar-refractivity contribution in [2.75, 3.05) is 20.2 Å². The second-order valence-corrected chi connectivity index (χ2v) is 9.26. The summed E-state index contributed by atoms with van der Waals surface area (Å²) in [6.07, 6.45) is 5.93. The van der Waals surface area contributed by atoms with Crippen molar-refractivity contribution in [3.8, 4) is 5.75 Å². The first-order valence-corrected chi connectivity index (χ1v) is 12.2. The standard InChI is InChI=1S/C30H32N2O2/c1-34-26-15-13-24(14-16-26)21-32-22-28(27-11-5-6-12-29(27)32)25(19-23-9-3-2-4-10-23)20-30(33)31-17-7-8-18-31/h2-6,9-16,22,25H,7-8,17-21H2,1H3. The summed E-state index contributed by atoms with van der Waals surface area (Å²) < 4.78 is 7.64. The number of methoxy groups -OCH3 is 1. The average molecular weight is 453 g/mol. The number of benzene rings is 3. The van der Waals surface area contributed by atoms with Crippen molar-refractivity contribution in [1.29, 1.82) is 0 Å². The van der Waals surface area contributed by atoms with Crippen LogP contribution >= 0.6 is 0 Å². The second-order valence-electron chi connectivity index (χ2n) is 9.26. The predicted molar refractivity (Wildman–Crippen MR) is 137 cm³/mol. The zero-order chi connectivity index (χ0) is 23.3. The Morgan fingerprint density at radius 3 is 2.32 bits per heavy atom. The third-order valence-electron chi connectivity index (χ3n) is 6.98. The quantitative estimate of drug-likeness (QED) is 0.327. The third kappa shape index (κ3) is 4.86. The molecule has 0 aliphatic carbocycles. The Kier molecular flexibility index (Phi) is 6.66. The molecule has 1 aromatic heterocycles. The number of aromatic nitrogens is 1. The summed E-state index contributed by atoms with van der Waals surface area (Å²) in [5, 5.41) is 1.24. The number of nitrogens with zero attached hydrogens (tertiary/aromatic N) is 2. The second kappa shape index (κ2) is 10.2. The molecule has 0 bridgehead atoms. The van der Waals surface area contributed by atoms with Crippen molar-refractivity contribution in [1.82, 2.24) is 9.47 Å². The Balaban J connectivity index is 1.50. The number of carbonyl (C=O) groups excluding carboxylic acids is 1. The van der Waals surface area contributed by atoms with Gasteiger partial charge in [0.1, 0.15) is 5.75 Å². The van der Waals surface area contributed by atoms with E-state index in [1.807, 2.05) is 12.1 Å². The lowest BCUT2D eigenvalue weighted by Gasteiger charge is -2.21. The van der Waals surface area contributed by atoms with Gasteiger partial charge in [0.05, 0.1) is 7.11 Å². The molecule has 1 atom stereocenters. The number of fused-ring (bicyclic) bond motifs is 1. The zero-order valence-electron chi connectivity index (χ0n) is 19.8. The summed E-state index contributed by atoms with van der Waals surface area (Å²) in [6, 6.07) is 27.4. The molecule has 0 radical (unpaired) electrons. The minimum Gasteiger partial charge on any atom is -0.497 e. The molecule has 1 amide bonds. The molecule has 4 heteroatoms. The lowest BCUT2D eigenvalue weighted by atomic mass is 9.88. The third-order valence-corrected chi connectivity index (χ3v) is 6.98. The Morgan fingerprint density at radius 2 is 1.59 bits per heavy atom. The molecular formula is C30H32N2O2. The van der Waals surface area contributed by atoms with Gasteiger partial charge in [0.25, 0.3) is 0 Å². The Bertz CT molecular complexity index is 1240. The van der Waals surface area contributed by atoms with Crippen LogP contribution in [0.2, 0.25) is 0 Å². The summed E-state index contributed by atoms with van der Waals surface area (Å²) >= 11 is 0. The van der Waals surface area contributed by atoms with Crippen LogP contribution in [0.5, 0.6) is 5.75 Å². The van der Waals surface area contributed by atoms with Crippen LogP contribution in [-0.4, -0.2) is 35.6 Å². The van der Waals surface area contributed by atoms with E-state index in [4.69, 9.17) is 4.74 Å². The van der Waals surface area contributed by atoms with Gasteiger partial charge in [-0.05, 0) is 60.1 Å². The summed E-state index contributed by atoms with van der Waals surface area (Å²) in [5.74, 6) is 1.29. The van der Waals surface area contributed by atoms with Crippen molar-refractivity contribution >= 4 is 16.8 Å². The maximum absolute atomic E-state index is 13.2. The van der Waals surface area contributed by atoms with E-state index in [2.05, 4.69) is 82.4 Å². The van der Waals surface area contributed by atoms with E-state index in [9.17, 15) is 4.79 Å². The molecule has 0 N–H and O–H groups in total. The van der Waals surface area contributed by atoms with Gasteiger partial charge in [0, 0.05) is 43.2 Å². The summed E-state index contributed by atoms with van der Waals surface area (Å²) in [4.78, 5) is 15.3. The molecule has 4 aromatic rings. The van der Waals surface area contributed by atoms with Crippen molar-refractivity contribution in [3.05, 3.63) is 102 Å². The first kappa shape index (κ1) is 22.3. The van der Waals surface area contributed by atoms with Crippen LogP contribution in [0.4, 0.5) is 0 Å². The Hall–Kier alpha value is -3.53. The van der Waals surface area contributed by atoms with Crippen LogP contribution in [-0.2, 0) is 17.8 Å². The van der Waals surface area contributed by atoms with E-state index in [0.717, 1.165) is 44.6 Å². The van der Waals surface area contributed by atoms with Gasteiger partial charge in [0.15, 0.2) is 0 Å². The Labute approximate surface area is 201 Å². The number of para-hydroxylation sites is 1. The lowest BCUT2D eigenvalue weighted by molar-refractivity contribution is -0.130. The topological polar surface area (TPSA) is 34.5 Å². The van der Waals surface area contributed by atoms with Gasteiger partial charge in [-0.15, -0.1) is 0 Å². The van der Waals surface area contributed by atoms with Crippen LogP contribution in [0, 0.1) is 0 Å². The monoisotopic (exact) mass is 452 g/mol. The van der Waals surface area contributed by atoms with Gasteiger partial charge in [-0.2, -0.15) is 0 Å². The van der Waals surface area contributed by atoms with E-state index in [-0.39, 0.29) is 11.8 Å². The maximum atomic E-state index is 13.2. The molecule has 34 heavy (non-hydrogen) atoms. The molecule has 1 saturated heterocycles. The maximum Gasteiger partial charge on any atom is 0.223 e. The van der Waals surface area contributed by atoms with E-state index in [0.29, 0.717) is 6.42 Å². The fourth-order valence-electron chi connectivity index (χ4n) is 5.16. The average Bonchev–Trinajstić information content (AvgIpc) is 3.54. The number of likely N-dealkylation sites (tertiary alicyclic amines) is 1. The Morgan fingerprint density at radius 1 is 0.882 bits per heavy atom. The minimum atomic E-state index is 0.137. The molecule has 1 aliphatic rings. The van der Waals surface area contributed by atoms with Crippen LogP contribution in [0.1, 0.15) is 41.9 Å². The summed E-state index contributed by atoms with van der Waals surface area (Å²) in [5.41, 5.74) is 4.97. The predicted octanol–water partition coefficient (Wildman–Crippen LogP) is 6.04. The van der Waals surface area contributed by atoms with Gasteiger partial charge < -0.3 is 14.2 Å². The highest BCUT2D eigenvalue weighted by molar-refractivity contribution is 5.86. The van der Waals surface area contributed by atoms with Crippen molar-refractivity contribution in [3.63, 3.8) is 0 Å². The summed E-state index contributed by atoms with van der Waals surface area (Å²) in [7, 11) is 1.69. The molecule has 0 spiro atoms. The highest BCUT2D eigenvalue weighted by atomic mass is 16.5. The van der Waals surface area contributed by atoms with Crippen molar-refractivity contribution < 1.29 is 9.53 Å². The smallest absolute Gasteiger partial charge is 0.223 e. The SMILES string of the molecule is COc1ccc(Cn2cc(C(CC(=O)N3CCCC3)Cc3ccccc3)c3ccccc32)cc1. The van der Waals surface area contributed by atoms with Crippen LogP contribution in [0.15, 0.2) is 85.1 Å². The molecule has 5 rings (SSSR count). The van der Waals surface area contributed by atoms with Gasteiger partial charge in [-0.1, -0.05) is 60.7 Å². The number of ether oxygens (including phenoxy) is 1. The van der Waals surface area contributed by atoms with E-state index < -0.39 is 0 Å². The highest BCUT2D eigenvalue weighted by Gasteiger charge is 2.25. The number of hydrogen-bond acceptors (Lipinski definition) is 2. The highest BCUT2D eigenvalue weighted by Crippen LogP contribution is 2.34. The van der Waals surface area contributed by atoms with Crippen LogP contribution < -0.4 is 4.74 Å². The number of rotatable bonds is 8. The van der Waals surface area contributed by atoms with Crippen LogP contribution in [0.3, 0.4) is 0 Å². The number of amides is 1. The van der Waals surface area contributed by atoms with E-state index >= 15 is 0 Å². The minimum absolute atomic E-state index is 0.137. The van der Waals surface area contributed by atoms with Gasteiger partial charge in [0.2, 0.25) is 5.91 Å². The van der Waals surface area contributed by atoms with Crippen LogP contribution in [0.25, 0.3) is 10.9 Å². The first-order chi connectivity index (χ1) is 16.7. The van der Waals surface area contributed by atoms with Crippen molar-refractivity contribution in [2.24, 2.45) is 0 Å². The molecule has 2 heterocycles. The van der Waals surface area contributed by atoms with E-state index in [1.165, 1.54) is 27.6 Å². The normalized spacial score (nSPS) is 14.4. The molecule has 174 valence electrons. The molecule has 4 nitrogen and oxygen atoms in total. The van der Waals surface area contributed by atoms with Crippen molar-refractivity contribution in [2.45, 2.75) is 38.1 Å². The van der Waals surface area contributed by atoms with Gasteiger partial charge in [-0.25, -0.2) is 0 Å². The summed E-state index contributed by atoms with van der Waals surface area (Å²) in [6.45, 7) is 2.58. The largest absolute Gasteiger partial charge is 0.497 e. The first-order valence-electron chi connectivity index (χ1n) is 12.2. The molecule has 1 aliphatic heterocycles. The number of carbonyl (C=O) groups is 1. The van der Waals surface area contributed by atoms with E-state index in [1.54, 1.807) is 7.11 Å². The van der Waals surface area contributed by atoms with Gasteiger partial charge >= 0.3 is 0 Å². The molecule has 3 aromatic carbocycles. The number of hydrogen-bond donors (Lipinski definition) is 0.